The Morgan fingerprint density at radius 3 is 3.21 bits per heavy atom. The lowest BCUT2D eigenvalue weighted by molar-refractivity contribution is -0.384. The van der Waals surface area contributed by atoms with Crippen LogP contribution in [0.2, 0.25) is 0 Å². The molecule has 19 heavy (non-hydrogen) atoms. The van der Waals surface area contributed by atoms with Crippen LogP contribution in [0.4, 0.5) is 11.5 Å². The highest BCUT2D eigenvalue weighted by Gasteiger charge is 2.51. The lowest BCUT2D eigenvalue weighted by atomic mass is 9.68. The smallest absolute Gasteiger partial charge is 0.311 e. The molecule has 2 fully saturated rings. The second-order valence-electron chi connectivity index (χ2n) is 5.02. The zero-order valence-corrected chi connectivity index (χ0v) is 10.4. The van der Waals surface area contributed by atoms with Gasteiger partial charge in [0.2, 0.25) is 5.82 Å². The maximum absolute atomic E-state index is 10.9. The number of aromatic nitrogens is 1. The average Bonchev–Trinajstić information content (AvgIpc) is 2.44. The van der Waals surface area contributed by atoms with Gasteiger partial charge in [-0.2, -0.15) is 0 Å². The van der Waals surface area contributed by atoms with Crippen molar-refractivity contribution in [1.82, 2.24) is 4.98 Å². The number of nitro groups is 1. The van der Waals surface area contributed by atoms with E-state index in [2.05, 4.69) is 10.3 Å². The van der Waals surface area contributed by atoms with Gasteiger partial charge in [0.05, 0.1) is 17.1 Å². The van der Waals surface area contributed by atoms with Crippen LogP contribution in [0.5, 0.6) is 0 Å². The molecule has 2 heterocycles. The van der Waals surface area contributed by atoms with Crippen LogP contribution >= 0.6 is 0 Å². The molecule has 1 aromatic heterocycles. The number of hydrogen-bond donors (Lipinski definition) is 2. The number of nitrogens with two attached hydrogens (primary N) is 1. The fraction of sp³-hybridized carbons (Fsp3) is 0.583. The largest absolute Gasteiger partial charge is 0.376 e. The van der Waals surface area contributed by atoms with E-state index in [1.54, 1.807) is 6.07 Å². The van der Waals surface area contributed by atoms with Gasteiger partial charge in [-0.1, -0.05) is 0 Å². The molecule has 4 unspecified atom stereocenters. The molecule has 0 amide bonds. The van der Waals surface area contributed by atoms with Gasteiger partial charge in [0, 0.05) is 30.8 Å². The first kappa shape index (κ1) is 12.3. The summed E-state index contributed by atoms with van der Waals surface area (Å²) in [6.07, 6.45) is 3.67. The van der Waals surface area contributed by atoms with E-state index in [9.17, 15) is 10.1 Å². The minimum atomic E-state index is -0.446. The minimum Gasteiger partial charge on any atom is -0.376 e. The van der Waals surface area contributed by atoms with Crippen molar-refractivity contribution >= 4 is 11.5 Å². The first-order valence-corrected chi connectivity index (χ1v) is 6.41. The molecule has 4 atom stereocenters. The van der Waals surface area contributed by atoms with Gasteiger partial charge in [-0.3, -0.25) is 10.1 Å². The highest BCUT2D eigenvalue weighted by Crippen LogP contribution is 2.39. The van der Waals surface area contributed by atoms with Crippen LogP contribution in [0.1, 0.15) is 12.8 Å². The lowest BCUT2D eigenvalue weighted by Crippen LogP contribution is -2.69. The molecule has 0 bridgehead atoms. The molecule has 1 aromatic rings. The second-order valence-corrected chi connectivity index (χ2v) is 5.02. The first-order valence-electron chi connectivity index (χ1n) is 6.41. The third-order valence-electron chi connectivity index (χ3n) is 3.96. The van der Waals surface area contributed by atoms with E-state index in [-0.39, 0.29) is 29.7 Å². The van der Waals surface area contributed by atoms with Crippen molar-refractivity contribution in [2.75, 3.05) is 11.9 Å². The Kier molecular flexibility index (Phi) is 3.08. The Labute approximate surface area is 110 Å². The van der Waals surface area contributed by atoms with Crippen molar-refractivity contribution in [3.8, 4) is 0 Å². The van der Waals surface area contributed by atoms with Crippen LogP contribution < -0.4 is 11.1 Å². The molecule has 0 aromatic carbocycles. The lowest BCUT2D eigenvalue weighted by Gasteiger charge is -2.52. The van der Waals surface area contributed by atoms with E-state index in [0.29, 0.717) is 5.92 Å². The standard InChI is InChI=1S/C12H16N4O3/c13-9-7-3-2-6-19-11(7)10(9)15-12-8(16(17)18)4-1-5-14-12/h1,4-5,7,9-11H,2-3,6,13H2,(H,14,15). The van der Waals surface area contributed by atoms with Gasteiger partial charge in [-0.25, -0.2) is 4.98 Å². The monoisotopic (exact) mass is 264 g/mol. The Balaban J connectivity index is 1.77. The summed E-state index contributed by atoms with van der Waals surface area (Å²) in [5.74, 6) is 0.620. The summed E-state index contributed by atoms with van der Waals surface area (Å²) >= 11 is 0. The summed E-state index contributed by atoms with van der Waals surface area (Å²) in [5, 5.41) is 14.0. The number of ether oxygens (including phenoxy) is 1. The fourth-order valence-corrected chi connectivity index (χ4v) is 2.94. The Bertz CT molecular complexity index is 496. The molecule has 3 rings (SSSR count). The summed E-state index contributed by atoms with van der Waals surface area (Å²) in [7, 11) is 0. The van der Waals surface area contributed by atoms with Crippen molar-refractivity contribution in [3.63, 3.8) is 0 Å². The Morgan fingerprint density at radius 2 is 2.42 bits per heavy atom. The quantitative estimate of drug-likeness (QED) is 0.621. The van der Waals surface area contributed by atoms with E-state index in [1.165, 1.54) is 12.3 Å². The van der Waals surface area contributed by atoms with Crippen molar-refractivity contribution in [1.29, 1.82) is 0 Å². The molecule has 2 aliphatic rings. The van der Waals surface area contributed by atoms with E-state index < -0.39 is 4.92 Å². The van der Waals surface area contributed by atoms with Gasteiger partial charge in [-0.05, 0) is 18.9 Å². The second kappa shape index (κ2) is 4.75. The number of pyridine rings is 1. The van der Waals surface area contributed by atoms with Crippen LogP contribution in [-0.2, 0) is 4.74 Å². The molecular formula is C12H16N4O3. The number of hydrogen-bond acceptors (Lipinski definition) is 6. The van der Waals surface area contributed by atoms with Crippen LogP contribution in [0.3, 0.4) is 0 Å². The van der Waals surface area contributed by atoms with Crippen LogP contribution in [0.25, 0.3) is 0 Å². The minimum absolute atomic E-state index is 0.0334. The van der Waals surface area contributed by atoms with Crippen molar-refractivity contribution < 1.29 is 9.66 Å². The van der Waals surface area contributed by atoms with Gasteiger partial charge >= 0.3 is 5.69 Å². The van der Waals surface area contributed by atoms with E-state index in [1.807, 2.05) is 0 Å². The summed E-state index contributed by atoms with van der Waals surface area (Å²) in [5.41, 5.74) is 6.08. The SMILES string of the molecule is NC1C2CCCOC2C1Nc1ncccc1[N+](=O)[O-]. The highest BCUT2D eigenvalue weighted by molar-refractivity contribution is 5.56. The van der Waals surface area contributed by atoms with Gasteiger partial charge in [0.1, 0.15) is 0 Å². The Hall–Kier alpha value is -1.73. The zero-order chi connectivity index (χ0) is 13.4. The van der Waals surface area contributed by atoms with Crippen LogP contribution in [0.15, 0.2) is 18.3 Å². The van der Waals surface area contributed by atoms with Gasteiger partial charge in [0.25, 0.3) is 0 Å². The molecule has 1 aliphatic carbocycles. The molecule has 0 radical (unpaired) electrons. The number of nitrogens with one attached hydrogen (secondary N) is 1. The number of fused-ring (bicyclic) bond motifs is 1. The van der Waals surface area contributed by atoms with E-state index in [4.69, 9.17) is 10.5 Å². The third-order valence-corrected chi connectivity index (χ3v) is 3.96. The average molecular weight is 264 g/mol. The fourth-order valence-electron chi connectivity index (χ4n) is 2.94. The predicted molar refractivity (Wildman–Crippen MR) is 68.7 cm³/mol. The molecule has 7 nitrogen and oxygen atoms in total. The Morgan fingerprint density at radius 1 is 1.58 bits per heavy atom. The predicted octanol–water partition coefficient (Wildman–Crippen LogP) is 0.906. The zero-order valence-electron chi connectivity index (χ0n) is 10.4. The van der Waals surface area contributed by atoms with Crippen molar-refractivity contribution in [3.05, 3.63) is 28.4 Å². The summed E-state index contributed by atoms with van der Waals surface area (Å²) in [6, 6.07) is 2.84. The van der Waals surface area contributed by atoms with Gasteiger partial charge in [0.15, 0.2) is 0 Å². The molecule has 3 N–H and O–H groups in total. The number of nitrogens with zero attached hydrogens (tertiary/aromatic N) is 2. The summed E-state index contributed by atoms with van der Waals surface area (Å²) < 4.78 is 5.69. The molecular weight excluding hydrogens is 248 g/mol. The summed E-state index contributed by atoms with van der Waals surface area (Å²) in [6.45, 7) is 0.733. The third kappa shape index (κ3) is 2.04. The van der Waals surface area contributed by atoms with Gasteiger partial charge < -0.3 is 15.8 Å². The normalized spacial score (nSPS) is 33.1. The maximum Gasteiger partial charge on any atom is 0.311 e. The highest BCUT2D eigenvalue weighted by atomic mass is 16.6. The molecule has 0 spiro atoms. The number of rotatable bonds is 3. The van der Waals surface area contributed by atoms with E-state index in [0.717, 1.165) is 19.4 Å². The number of anilines is 1. The molecule has 1 aliphatic heterocycles. The van der Waals surface area contributed by atoms with Crippen molar-refractivity contribution in [2.45, 2.75) is 31.0 Å². The topological polar surface area (TPSA) is 103 Å². The van der Waals surface area contributed by atoms with Crippen LogP contribution in [0, 0.1) is 16.0 Å². The van der Waals surface area contributed by atoms with Crippen LogP contribution in [-0.4, -0.2) is 34.7 Å². The molecule has 102 valence electrons. The van der Waals surface area contributed by atoms with E-state index >= 15 is 0 Å². The first-order chi connectivity index (χ1) is 9.18. The maximum atomic E-state index is 10.9. The molecule has 1 saturated carbocycles. The van der Waals surface area contributed by atoms with Crippen molar-refractivity contribution in [2.24, 2.45) is 11.7 Å². The molecule has 7 heteroatoms. The summed E-state index contributed by atoms with van der Waals surface area (Å²) in [4.78, 5) is 14.5. The molecule has 1 saturated heterocycles. The van der Waals surface area contributed by atoms with Gasteiger partial charge in [-0.15, -0.1) is 0 Å².